The average Bonchev–Trinajstić information content (AvgIpc) is 2.81. The van der Waals surface area contributed by atoms with Gasteiger partial charge in [-0.05, 0) is 42.5 Å². The van der Waals surface area contributed by atoms with Crippen LogP contribution < -0.4 is 10.1 Å². The molecule has 2 aromatic heterocycles. The van der Waals surface area contributed by atoms with Gasteiger partial charge in [0.05, 0.1) is 5.52 Å². The molecule has 0 fully saturated rings. The van der Waals surface area contributed by atoms with Crippen LogP contribution in [0, 0.1) is 12.8 Å². The first kappa shape index (κ1) is 16.1. The fraction of sp³-hybridized carbons (Fsp3) is 0.400. The number of aromatic nitrogens is 3. The minimum Gasteiger partial charge on any atom is -0.492 e. The van der Waals surface area contributed by atoms with Gasteiger partial charge in [0.25, 0.3) is 0 Å². The Bertz CT molecular complexity index is 913. The van der Waals surface area contributed by atoms with Crippen LogP contribution in [-0.4, -0.2) is 28.1 Å². The van der Waals surface area contributed by atoms with Gasteiger partial charge in [-0.25, -0.2) is 9.97 Å². The fourth-order valence-corrected chi connectivity index (χ4v) is 3.47. The monoisotopic (exact) mass is 336 g/mol. The molecule has 0 bridgehead atoms. The lowest BCUT2D eigenvalue weighted by Gasteiger charge is -2.14. The number of ether oxygens (including phenoxy) is 1. The van der Waals surface area contributed by atoms with Gasteiger partial charge in [0.2, 0.25) is 0 Å². The number of aromatic amines is 1. The molecule has 25 heavy (non-hydrogen) atoms. The molecule has 5 nitrogen and oxygen atoms in total. The second-order valence-electron chi connectivity index (χ2n) is 7.12. The van der Waals surface area contributed by atoms with E-state index in [-0.39, 0.29) is 0 Å². The Balaban J connectivity index is 1.86. The molecule has 0 spiro atoms. The number of fused-ring (bicyclic) bond motifs is 2. The molecule has 3 aromatic rings. The molecule has 1 aromatic carbocycles. The Labute approximate surface area is 147 Å². The lowest BCUT2D eigenvalue weighted by molar-refractivity contribution is 0.326. The Morgan fingerprint density at radius 2 is 2.16 bits per heavy atom. The van der Waals surface area contributed by atoms with Crippen LogP contribution in [0.5, 0.6) is 5.75 Å². The highest BCUT2D eigenvalue weighted by Gasteiger charge is 2.17. The van der Waals surface area contributed by atoms with Crippen LogP contribution in [0.3, 0.4) is 0 Å². The summed E-state index contributed by atoms with van der Waals surface area (Å²) >= 11 is 0. The number of nitrogens with one attached hydrogen (secondary N) is 2. The molecule has 0 aliphatic carbocycles. The zero-order valence-corrected chi connectivity index (χ0v) is 15.0. The lowest BCUT2D eigenvalue weighted by atomic mass is 9.93. The number of nitrogens with zero attached hydrogens (tertiary/aromatic N) is 2. The first-order valence-electron chi connectivity index (χ1n) is 8.93. The standard InChI is InChI=1S/C20H24N4O/c1-12(2)8-16-17(11-22-20-19(16)23-13(3)24-20)14-4-5-18-15(9-14)10-21-6-7-25-18/h4-5,9,11-12,21H,6-8,10H2,1-3H3,(H,22,23,24). The van der Waals surface area contributed by atoms with Gasteiger partial charge in [-0.3, -0.25) is 0 Å². The van der Waals surface area contributed by atoms with Gasteiger partial charge in [-0.15, -0.1) is 0 Å². The van der Waals surface area contributed by atoms with E-state index in [0.29, 0.717) is 12.5 Å². The third-order valence-electron chi connectivity index (χ3n) is 4.58. The van der Waals surface area contributed by atoms with Crippen molar-refractivity contribution in [1.29, 1.82) is 0 Å². The smallest absolute Gasteiger partial charge is 0.177 e. The maximum atomic E-state index is 5.81. The molecule has 0 atom stereocenters. The number of rotatable bonds is 3. The Kier molecular flexibility index (Phi) is 4.17. The first-order valence-corrected chi connectivity index (χ1v) is 8.93. The molecule has 1 aliphatic heterocycles. The summed E-state index contributed by atoms with van der Waals surface area (Å²) in [5, 5.41) is 3.41. The molecule has 2 N–H and O–H groups in total. The van der Waals surface area contributed by atoms with Crippen LogP contribution in [0.25, 0.3) is 22.3 Å². The lowest BCUT2D eigenvalue weighted by Crippen LogP contribution is -2.16. The second kappa shape index (κ2) is 6.48. The molecule has 3 heterocycles. The van der Waals surface area contributed by atoms with E-state index in [9.17, 15) is 0 Å². The van der Waals surface area contributed by atoms with Crippen molar-refractivity contribution < 1.29 is 4.74 Å². The van der Waals surface area contributed by atoms with E-state index < -0.39 is 0 Å². The van der Waals surface area contributed by atoms with E-state index in [1.165, 1.54) is 22.3 Å². The Morgan fingerprint density at radius 3 is 3.00 bits per heavy atom. The quantitative estimate of drug-likeness (QED) is 0.767. The van der Waals surface area contributed by atoms with Crippen molar-refractivity contribution in [2.24, 2.45) is 5.92 Å². The molecule has 0 saturated carbocycles. The highest BCUT2D eigenvalue weighted by atomic mass is 16.5. The number of hydrogen-bond donors (Lipinski definition) is 2. The molecular formula is C20H24N4O. The Hall–Kier alpha value is -2.40. The molecule has 1 aliphatic rings. The largest absolute Gasteiger partial charge is 0.492 e. The second-order valence-corrected chi connectivity index (χ2v) is 7.12. The summed E-state index contributed by atoms with van der Waals surface area (Å²) in [5.41, 5.74) is 6.72. The van der Waals surface area contributed by atoms with E-state index in [0.717, 1.165) is 42.2 Å². The summed E-state index contributed by atoms with van der Waals surface area (Å²) in [7, 11) is 0. The van der Waals surface area contributed by atoms with Crippen molar-refractivity contribution >= 4 is 11.2 Å². The molecule has 0 amide bonds. The van der Waals surface area contributed by atoms with E-state index in [2.05, 4.69) is 52.3 Å². The third-order valence-corrected chi connectivity index (χ3v) is 4.58. The van der Waals surface area contributed by atoms with Crippen LogP contribution in [0.4, 0.5) is 0 Å². The van der Waals surface area contributed by atoms with Gasteiger partial charge in [0.15, 0.2) is 5.65 Å². The highest BCUT2D eigenvalue weighted by molar-refractivity contribution is 5.84. The molecule has 130 valence electrons. The summed E-state index contributed by atoms with van der Waals surface area (Å²) in [6.07, 6.45) is 2.95. The SMILES string of the molecule is Cc1nc2ncc(-c3ccc4c(c3)CNCCO4)c(CC(C)C)c2[nH]1. The van der Waals surface area contributed by atoms with E-state index in [4.69, 9.17) is 4.74 Å². The van der Waals surface area contributed by atoms with Crippen molar-refractivity contribution in [2.75, 3.05) is 13.2 Å². The van der Waals surface area contributed by atoms with Crippen LogP contribution in [0.2, 0.25) is 0 Å². The predicted octanol–water partition coefficient (Wildman–Crippen LogP) is 3.61. The van der Waals surface area contributed by atoms with Crippen molar-refractivity contribution in [2.45, 2.75) is 33.7 Å². The van der Waals surface area contributed by atoms with Gasteiger partial charge >= 0.3 is 0 Å². The zero-order chi connectivity index (χ0) is 17.4. The first-order chi connectivity index (χ1) is 12.1. The van der Waals surface area contributed by atoms with Gasteiger partial charge in [-0.2, -0.15) is 0 Å². The van der Waals surface area contributed by atoms with Crippen molar-refractivity contribution in [3.8, 4) is 16.9 Å². The molecule has 4 rings (SSSR count). The van der Waals surface area contributed by atoms with Crippen LogP contribution in [-0.2, 0) is 13.0 Å². The summed E-state index contributed by atoms with van der Waals surface area (Å²) in [6, 6.07) is 6.45. The predicted molar refractivity (Wildman–Crippen MR) is 99.8 cm³/mol. The fourth-order valence-electron chi connectivity index (χ4n) is 3.47. The third kappa shape index (κ3) is 3.12. The highest BCUT2D eigenvalue weighted by Crippen LogP contribution is 2.33. The van der Waals surface area contributed by atoms with E-state index in [1.807, 2.05) is 13.1 Å². The van der Waals surface area contributed by atoms with E-state index >= 15 is 0 Å². The molecule has 5 heteroatoms. The van der Waals surface area contributed by atoms with Gasteiger partial charge < -0.3 is 15.0 Å². The zero-order valence-electron chi connectivity index (χ0n) is 15.0. The van der Waals surface area contributed by atoms with Crippen LogP contribution in [0.1, 0.15) is 30.8 Å². The summed E-state index contributed by atoms with van der Waals surface area (Å²) < 4.78 is 5.81. The summed E-state index contributed by atoms with van der Waals surface area (Å²) in [5.74, 6) is 2.44. The van der Waals surface area contributed by atoms with Gasteiger partial charge in [0.1, 0.15) is 18.2 Å². The average molecular weight is 336 g/mol. The van der Waals surface area contributed by atoms with Gasteiger partial charge in [0, 0.05) is 30.4 Å². The minimum atomic E-state index is 0.554. The normalized spacial score (nSPS) is 14.4. The molecule has 0 radical (unpaired) electrons. The van der Waals surface area contributed by atoms with Crippen LogP contribution in [0.15, 0.2) is 24.4 Å². The van der Waals surface area contributed by atoms with Crippen molar-refractivity contribution in [3.05, 3.63) is 41.3 Å². The maximum absolute atomic E-state index is 5.81. The topological polar surface area (TPSA) is 62.8 Å². The number of hydrogen-bond acceptors (Lipinski definition) is 4. The van der Waals surface area contributed by atoms with Crippen LogP contribution >= 0.6 is 0 Å². The number of H-pyrrole nitrogens is 1. The van der Waals surface area contributed by atoms with E-state index in [1.54, 1.807) is 0 Å². The molecule has 0 unspecified atom stereocenters. The number of pyridine rings is 1. The minimum absolute atomic E-state index is 0.554. The molecule has 0 saturated heterocycles. The molecular weight excluding hydrogens is 312 g/mol. The number of aryl methyl sites for hydroxylation is 1. The summed E-state index contributed by atoms with van der Waals surface area (Å²) in [4.78, 5) is 12.5. The van der Waals surface area contributed by atoms with Crippen molar-refractivity contribution in [3.63, 3.8) is 0 Å². The maximum Gasteiger partial charge on any atom is 0.177 e. The van der Waals surface area contributed by atoms with Crippen molar-refractivity contribution in [1.82, 2.24) is 20.3 Å². The number of imidazole rings is 1. The van der Waals surface area contributed by atoms with Gasteiger partial charge in [-0.1, -0.05) is 19.9 Å². The summed E-state index contributed by atoms with van der Waals surface area (Å²) in [6.45, 7) is 8.89. The number of benzene rings is 1. The Morgan fingerprint density at radius 1 is 1.28 bits per heavy atom.